The van der Waals surface area contributed by atoms with E-state index in [1.165, 1.54) is 6.42 Å². The van der Waals surface area contributed by atoms with E-state index in [-0.39, 0.29) is 6.61 Å². The van der Waals surface area contributed by atoms with Gasteiger partial charge in [0.2, 0.25) is 0 Å². The van der Waals surface area contributed by atoms with Gasteiger partial charge in [-0.05, 0) is 30.4 Å². The van der Waals surface area contributed by atoms with Crippen LogP contribution in [0.3, 0.4) is 0 Å². The van der Waals surface area contributed by atoms with E-state index in [0.29, 0.717) is 5.69 Å². The Morgan fingerprint density at radius 1 is 1.44 bits per heavy atom. The van der Waals surface area contributed by atoms with Crippen LogP contribution < -0.4 is 4.90 Å². The molecule has 1 saturated heterocycles. The molecule has 16 heavy (non-hydrogen) atoms. The molecular weight excluding hydrogens is 202 g/mol. The Hall–Kier alpha value is -1.16. The lowest BCUT2D eigenvalue weighted by Crippen LogP contribution is -2.22. The third-order valence-electron chi connectivity index (χ3n) is 3.36. The van der Waals surface area contributed by atoms with Gasteiger partial charge in [0.05, 0.1) is 12.3 Å². The number of aromatic nitrogens is 2. The van der Waals surface area contributed by atoms with Gasteiger partial charge in [0.25, 0.3) is 0 Å². The Balaban J connectivity index is 2.03. The summed E-state index contributed by atoms with van der Waals surface area (Å²) >= 11 is 0. The highest BCUT2D eigenvalue weighted by Crippen LogP contribution is 2.26. The molecule has 1 aliphatic heterocycles. The van der Waals surface area contributed by atoms with Crippen molar-refractivity contribution in [3.63, 3.8) is 0 Å². The van der Waals surface area contributed by atoms with Crippen molar-refractivity contribution in [3.8, 4) is 0 Å². The number of hydrogen-bond donors (Lipinski definition) is 1. The van der Waals surface area contributed by atoms with Crippen molar-refractivity contribution in [2.75, 3.05) is 18.0 Å². The van der Waals surface area contributed by atoms with Crippen LogP contribution in [0.1, 0.15) is 26.0 Å². The Bertz CT molecular complexity index is 337. The van der Waals surface area contributed by atoms with Gasteiger partial charge in [-0.1, -0.05) is 13.8 Å². The quantitative estimate of drug-likeness (QED) is 0.839. The zero-order valence-corrected chi connectivity index (χ0v) is 9.93. The van der Waals surface area contributed by atoms with Gasteiger partial charge in [-0.2, -0.15) is 5.10 Å². The molecule has 1 N–H and O–H groups in total. The van der Waals surface area contributed by atoms with Crippen molar-refractivity contribution >= 4 is 5.82 Å². The molecule has 2 rings (SSSR count). The van der Waals surface area contributed by atoms with Crippen LogP contribution >= 0.6 is 0 Å². The summed E-state index contributed by atoms with van der Waals surface area (Å²) in [7, 11) is 0. The molecule has 0 spiro atoms. The van der Waals surface area contributed by atoms with Gasteiger partial charge in [0.1, 0.15) is 0 Å². The number of hydrogen-bond acceptors (Lipinski definition) is 4. The molecule has 1 unspecified atom stereocenters. The van der Waals surface area contributed by atoms with Crippen LogP contribution in [0, 0.1) is 11.8 Å². The van der Waals surface area contributed by atoms with Crippen molar-refractivity contribution in [3.05, 3.63) is 17.8 Å². The average molecular weight is 221 g/mol. The second-order valence-corrected chi connectivity index (χ2v) is 4.78. The third-order valence-corrected chi connectivity index (χ3v) is 3.36. The minimum Gasteiger partial charge on any atom is -0.390 e. The average Bonchev–Trinajstić information content (AvgIpc) is 2.78. The van der Waals surface area contributed by atoms with E-state index in [2.05, 4.69) is 28.9 Å². The SMILES string of the molecule is CC(C)C1CCN(c2ccc(CO)nn2)C1. The number of nitrogens with zero attached hydrogens (tertiary/aromatic N) is 3. The van der Waals surface area contributed by atoms with Crippen LogP contribution in [0.15, 0.2) is 12.1 Å². The zero-order chi connectivity index (χ0) is 11.5. The Morgan fingerprint density at radius 2 is 2.25 bits per heavy atom. The lowest BCUT2D eigenvalue weighted by Gasteiger charge is -2.18. The van der Waals surface area contributed by atoms with Crippen LogP contribution in [0.4, 0.5) is 5.82 Å². The molecule has 0 bridgehead atoms. The summed E-state index contributed by atoms with van der Waals surface area (Å²) in [5, 5.41) is 17.0. The summed E-state index contributed by atoms with van der Waals surface area (Å²) in [5.41, 5.74) is 0.628. The molecule has 4 heteroatoms. The van der Waals surface area contributed by atoms with E-state index in [4.69, 9.17) is 5.11 Å². The van der Waals surface area contributed by atoms with E-state index in [1.807, 2.05) is 12.1 Å². The monoisotopic (exact) mass is 221 g/mol. The first-order valence-electron chi connectivity index (χ1n) is 5.89. The second kappa shape index (κ2) is 4.78. The second-order valence-electron chi connectivity index (χ2n) is 4.78. The van der Waals surface area contributed by atoms with Crippen LogP contribution in [0.5, 0.6) is 0 Å². The summed E-state index contributed by atoms with van der Waals surface area (Å²) in [6.07, 6.45) is 1.24. The molecule has 0 saturated carbocycles. The maximum absolute atomic E-state index is 8.89. The minimum atomic E-state index is -0.0398. The van der Waals surface area contributed by atoms with Crippen molar-refractivity contribution in [2.24, 2.45) is 11.8 Å². The zero-order valence-electron chi connectivity index (χ0n) is 9.93. The number of aliphatic hydroxyl groups excluding tert-OH is 1. The van der Waals surface area contributed by atoms with Gasteiger partial charge in [-0.3, -0.25) is 0 Å². The van der Waals surface area contributed by atoms with Gasteiger partial charge in [-0.15, -0.1) is 5.10 Å². The van der Waals surface area contributed by atoms with E-state index in [1.54, 1.807) is 0 Å². The highest BCUT2D eigenvalue weighted by molar-refractivity contribution is 5.38. The van der Waals surface area contributed by atoms with E-state index in [9.17, 15) is 0 Å². The lowest BCUT2D eigenvalue weighted by atomic mass is 9.95. The molecule has 4 nitrogen and oxygen atoms in total. The molecular formula is C12H19N3O. The molecule has 1 fully saturated rings. The third kappa shape index (κ3) is 2.32. The molecule has 1 aromatic heterocycles. The molecule has 1 atom stereocenters. The van der Waals surface area contributed by atoms with E-state index >= 15 is 0 Å². The summed E-state index contributed by atoms with van der Waals surface area (Å²) < 4.78 is 0. The Morgan fingerprint density at radius 3 is 2.75 bits per heavy atom. The van der Waals surface area contributed by atoms with Gasteiger partial charge in [-0.25, -0.2) is 0 Å². The highest BCUT2D eigenvalue weighted by atomic mass is 16.3. The van der Waals surface area contributed by atoms with E-state index < -0.39 is 0 Å². The smallest absolute Gasteiger partial charge is 0.151 e. The normalized spacial score (nSPS) is 20.8. The van der Waals surface area contributed by atoms with Crippen LogP contribution in [-0.4, -0.2) is 28.4 Å². The molecule has 88 valence electrons. The maximum Gasteiger partial charge on any atom is 0.151 e. The summed E-state index contributed by atoms with van der Waals surface area (Å²) in [5.74, 6) is 2.43. The van der Waals surface area contributed by atoms with Crippen molar-refractivity contribution in [2.45, 2.75) is 26.9 Å². The molecule has 0 radical (unpaired) electrons. The highest BCUT2D eigenvalue weighted by Gasteiger charge is 2.25. The first-order chi connectivity index (χ1) is 7.70. The fourth-order valence-electron chi connectivity index (χ4n) is 2.15. The number of anilines is 1. The van der Waals surface area contributed by atoms with Crippen molar-refractivity contribution in [1.29, 1.82) is 0 Å². The number of aliphatic hydroxyl groups is 1. The lowest BCUT2D eigenvalue weighted by molar-refractivity contribution is 0.275. The fraction of sp³-hybridized carbons (Fsp3) is 0.667. The fourth-order valence-corrected chi connectivity index (χ4v) is 2.15. The van der Waals surface area contributed by atoms with Crippen LogP contribution in [0.25, 0.3) is 0 Å². The first-order valence-corrected chi connectivity index (χ1v) is 5.89. The van der Waals surface area contributed by atoms with Gasteiger partial charge in [0.15, 0.2) is 5.82 Å². The maximum atomic E-state index is 8.89. The minimum absolute atomic E-state index is 0.0398. The molecule has 2 heterocycles. The standard InChI is InChI=1S/C12H19N3O/c1-9(2)10-5-6-15(7-10)12-4-3-11(8-16)13-14-12/h3-4,9-10,16H,5-8H2,1-2H3. The molecule has 0 aromatic carbocycles. The van der Waals surface area contributed by atoms with Crippen LogP contribution in [-0.2, 0) is 6.61 Å². The molecule has 1 aromatic rings. The van der Waals surface area contributed by atoms with Gasteiger partial charge < -0.3 is 10.0 Å². The predicted molar refractivity (Wildman–Crippen MR) is 63.1 cm³/mol. The molecule has 0 aliphatic carbocycles. The molecule has 0 amide bonds. The summed E-state index contributed by atoms with van der Waals surface area (Å²) in [6.45, 7) is 6.64. The molecule has 1 aliphatic rings. The Labute approximate surface area is 96.3 Å². The van der Waals surface area contributed by atoms with Gasteiger partial charge in [0, 0.05) is 13.1 Å². The Kier molecular flexibility index (Phi) is 3.39. The summed E-state index contributed by atoms with van der Waals surface area (Å²) in [6, 6.07) is 3.78. The van der Waals surface area contributed by atoms with Crippen LogP contribution in [0.2, 0.25) is 0 Å². The number of rotatable bonds is 3. The van der Waals surface area contributed by atoms with Crippen molar-refractivity contribution < 1.29 is 5.11 Å². The first kappa shape index (κ1) is 11.3. The van der Waals surface area contributed by atoms with E-state index in [0.717, 1.165) is 30.7 Å². The van der Waals surface area contributed by atoms with Gasteiger partial charge >= 0.3 is 0 Å². The largest absolute Gasteiger partial charge is 0.390 e. The summed E-state index contributed by atoms with van der Waals surface area (Å²) in [4.78, 5) is 2.28. The van der Waals surface area contributed by atoms with Crippen molar-refractivity contribution in [1.82, 2.24) is 10.2 Å². The topological polar surface area (TPSA) is 49.2 Å². The predicted octanol–water partition coefficient (Wildman–Crippen LogP) is 1.45.